The summed E-state index contributed by atoms with van der Waals surface area (Å²) in [5.41, 5.74) is 5.39. The monoisotopic (exact) mass is 256 g/mol. The van der Waals surface area contributed by atoms with E-state index in [1.165, 1.54) is 11.1 Å². The third-order valence-corrected chi connectivity index (χ3v) is 3.45. The van der Waals surface area contributed by atoms with Crippen molar-refractivity contribution < 1.29 is 9.84 Å². The highest BCUT2D eigenvalue weighted by atomic mass is 16.5. The molecular weight excluding hydrogens is 236 g/mol. The minimum atomic E-state index is -0.573. The van der Waals surface area contributed by atoms with Crippen LogP contribution >= 0.6 is 0 Å². The van der Waals surface area contributed by atoms with Gasteiger partial charge in [0.25, 0.3) is 0 Å². The number of aliphatic hydroxyl groups excluding tert-OH is 1. The van der Waals surface area contributed by atoms with E-state index in [1.807, 2.05) is 42.5 Å². The maximum atomic E-state index is 10.4. The number of methoxy groups -OCH3 is 1. The maximum Gasteiger partial charge on any atom is 0.104 e. The van der Waals surface area contributed by atoms with Gasteiger partial charge < -0.3 is 9.84 Å². The molecule has 0 aliphatic rings. The number of aryl methyl sites for hydroxylation is 2. The van der Waals surface area contributed by atoms with Crippen LogP contribution in [0.2, 0.25) is 0 Å². The molecular formula is C17H20O2. The lowest BCUT2D eigenvalue weighted by molar-refractivity contribution is 0.184. The lowest BCUT2D eigenvalue weighted by Crippen LogP contribution is -2.01. The normalized spacial score (nSPS) is 12.4. The molecule has 0 radical (unpaired) electrons. The van der Waals surface area contributed by atoms with Gasteiger partial charge in [-0.05, 0) is 41.7 Å². The number of ether oxygens (including phenoxy) is 1. The number of hydrogen-bond donors (Lipinski definition) is 1. The Labute approximate surface area is 114 Å². The van der Waals surface area contributed by atoms with Gasteiger partial charge in [-0.2, -0.15) is 0 Å². The summed E-state index contributed by atoms with van der Waals surface area (Å²) in [5, 5.41) is 10.4. The molecule has 0 aliphatic heterocycles. The molecule has 0 saturated carbocycles. The lowest BCUT2D eigenvalue weighted by atomic mass is 9.97. The van der Waals surface area contributed by atoms with Gasteiger partial charge in [-0.3, -0.25) is 0 Å². The van der Waals surface area contributed by atoms with E-state index in [2.05, 4.69) is 13.8 Å². The van der Waals surface area contributed by atoms with Crippen LogP contribution in [0.4, 0.5) is 0 Å². The quantitative estimate of drug-likeness (QED) is 0.906. The third-order valence-electron chi connectivity index (χ3n) is 3.45. The summed E-state index contributed by atoms with van der Waals surface area (Å²) in [6.45, 7) is 4.73. The molecule has 0 fully saturated rings. The van der Waals surface area contributed by atoms with Gasteiger partial charge in [0, 0.05) is 7.11 Å². The van der Waals surface area contributed by atoms with Gasteiger partial charge in [0.15, 0.2) is 0 Å². The second-order valence-electron chi connectivity index (χ2n) is 4.92. The zero-order valence-corrected chi connectivity index (χ0v) is 11.7. The van der Waals surface area contributed by atoms with Crippen LogP contribution in [0.15, 0.2) is 42.5 Å². The lowest BCUT2D eigenvalue weighted by Gasteiger charge is -2.13. The first kappa shape index (κ1) is 13.8. The zero-order valence-electron chi connectivity index (χ0n) is 11.7. The molecule has 0 spiro atoms. The predicted molar refractivity (Wildman–Crippen MR) is 77.1 cm³/mol. The van der Waals surface area contributed by atoms with Gasteiger partial charge in [-0.25, -0.2) is 0 Å². The molecule has 0 amide bonds. The summed E-state index contributed by atoms with van der Waals surface area (Å²) in [5.74, 6) is 0. The van der Waals surface area contributed by atoms with Crippen molar-refractivity contribution in [3.63, 3.8) is 0 Å². The van der Waals surface area contributed by atoms with Crippen molar-refractivity contribution in [1.29, 1.82) is 0 Å². The van der Waals surface area contributed by atoms with E-state index < -0.39 is 6.10 Å². The van der Waals surface area contributed by atoms with Gasteiger partial charge in [-0.15, -0.1) is 0 Å². The molecule has 0 saturated heterocycles. The number of aliphatic hydroxyl groups is 1. The van der Waals surface area contributed by atoms with E-state index in [1.54, 1.807) is 7.11 Å². The summed E-state index contributed by atoms with van der Waals surface area (Å²) in [6.07, 6.45) is -0.573. The molecule has 2 aromatic carbocycles. The van der Waals surface area contributed by atoms with Crippen LogP contribution in [-0.4, -0.2) is 12.2 Å². The standard InChI is InChI=1S/C17H20O2/c1-12-4-7-16(10-13(12)2)17(18)15-8-5-14(6-9-15)11-19-3/h4-10,17-18H,11H2,1-3H3. The molecule has 1 unspecified atom stereocenters. The highest BCUT2D eigenvalue weighted by molar-refractivity contribution is 5.36. The molecule has 2 rings (SSSR count). The van der Waals surface area contributed by atoms with Crippen LogP contribution in [0.3, 0.4) is 0 Å². The molecule has 2 heteroatoms. The van der Waals surface area contributed by atoms with Crippen LogP contribution in [0, 0.1) is 13.8 Å². The van der Waals surface area contributed by atoms with Gasteiger partial charge in [-0.1, -0.05) is 42.5 Å². The molecule has 1 atom stereocenters. The molecule has 19 heavy (non-hydrogen) atoms. The van der Waals surface area contributed by atoms with Crippen molar-refractivity contribution >= 4 is 0 Å². The van der Waals surface area contributed by atoms with E-state index in [-0.39, 0.29) is 0 Å². The Morgan fingerprint density at radius 2 is 1.58 bits per heavy atom. The second kappa shape index (κ2) is 6.00. The molecule has 100 valence electrons. The fraction of sp³-hybridized carbons (Fsp3) is 0.294. The first-order chi connectivity index (χ1) is 9.11. The van der Waals surface area contributed by atoms with Crippen LogP contribution in [0.1, 0.15) is 33.9 Å². The Bertz CT molecular complexity index is 544. The van der Waals surface area contributed by atoms with Crippen molar-refractivity contribution in [2.75, 3.05) is 7.11 Å². The third kappa shape index (κ3) is 3.22. The van der Waals surface area contributed by atoms with Gasteiger partial charge in [0.1, 0.15) is 6.10 Å². The zero-order chi connectivity index (χ0) is 13.8. The van der Waals surface area contributed by atoms with Crippen molar-refractivity contribution in [2.45, 2.75) is 26.6 Å². The molecule has 2 aromatic rings. The minimum absolute atomic E-state index is 0.573. The van der Waals surface area contributed by atoms with E-state index in [0.717, 1.165) is 16.7 Å². The SMILES string of the molecule is COCc1ccc(C(O)c2ccc(C)c(C)c2)cc1. The van der Waals surface area contributed by atoms with E-state index >= 15 is 0 Å². The first-order valence-electron chi connectivity index (χ1n) is 6.45. The van der Waals surface area contributed by atoms with Crippen LogP contribution in [0.25, 0.3) is 0 Å². The molecule has 0 bridgehead atoms. The minimum Gasteiger partial charge on any atom is -0.384 e. The smallest absolute Gasteiger partial charge is 0.104 e. The Morgan fingerprint density at radius 3 is 2.16 bits per heavy atom. The fourth-order valence-corrected chi connectivity index (χ4v) is 2.09. The first-order valence-corrected chi connectivity index (χ1v) is 6.45. The second-order valence-corrected chi connectivity index (χ2v) is 4.92. The number of benzene rings is 2. The van der Waals surface area contributed by atoms with Crippen molar-refractivity contribution in [3.8, 4) is 0 Å². The summed E-state index contributed by atoms with van der Waals surface area (Å²) >= 11 is 0. The number of hydrogen-bond acceptors (Lipinski definition) is 2. The van der Waals surface area contributed by atoms with E-state index in [9.17, 15) is 5.11 Å². The molecule has 0 aliphatic carbocycles. The van der Waals surface area contributed by atoms with Crippen molar-refractivity contribution in [3.05, 3.63) is 70.3 Å². The topological polar surface area (TPSA) is 29.5 Å². The summed E-state index contributed by atoms with van der Waals surface area (Å²) in [6, 6.07) is 14.0. The number of rotatable bonds is 4. The Morgan fingerprint density at radius 1 is 0.947 bits per heavy atom. The van der Waals surface area contributed by atoms with Crippen molar-refractivity contribution in [1.82, 2.24) is 0 Å². The van der Waals surface area contributed by atoms with Gasteiger partial charge >= 0.3 is 0 Å². The Kier molecular flexibility index (Phi) is 4.35. The summed E-state index contributed by atoms with van der Waals surface area (Å²) in [7, 11) is 1.68. The highest BCUT2D eigenvalue weighted by Crippen LogP contribution is 2.24. The van der Waals surface area contributed by atoms with Crippen LogP contribution < -0.4 is 0 Å². The van der Waals surface area contributed by atoms with Crippen LogP contribution in [0.5, 0.6) is 0 Å². The fourth-order valence-electron chi connectivity index (χ4n) is 2.09. The molecule has 0 aromatic heterocycles. The van der Waals surface area contributed by atoms with E-state index in [0.29, 0.717) is 6.61 Å². The largest absolute Gasteiger partial charge is 0.384 e. The molecule has 0 heterocycles. The average molecular weight is 256 g/mol. The predicted octanol–water partition coefficient (Wildman–Crippen LogP) is 3.53. The molecule has 1 N–H and O–H groups in total. The summed E-state index contributed by atoms with van der Waals surface area (Å²) in [4.78, 5) is 0. The van der Waals surface area contributed by atoms with Crippen LogP contribution in [-0.2, 0) is 11.3 Å². The van der Waals surface area contributed by atoms with E-state index in [4.69, 9.17) is 4.74 Å². The highest BCUT2D eigenvalue weighted by Gasteiger charge is 2.10. The van der Waals surface area contributed by atoms with Gasteiger partial charge in [0.2, 0.25) is 0 Å². The average Bonchev–Trinajstić information content (AvgIpc) is 2.42. The maximum absolute atomic E-state index is 10.4. The summed E-state index contributed by atoms with van der Waals surface area (Å²) < 4.78 is 5.08. The Hall–Kier alpha value is -1.64. The Balaban J connectivity index is 2.22. The molecule has 2 nitrogen and oxygen atoms in total. The van der Waals surface area contributed by atoms with Crippen molar-refractivity contribution in [2.24, 2.45) is 0 Å². The van der Waals surface area contributed by atoms with Gasteiger partial charge in [0.05, 0.1) is 6.61 Å².